The SMILES string of the molecule is CC(C)(C)n1ccc(C(=O)N[C@@H]2CC(=O)N(Cc3ccccc3Cl)C2)c1. The molecule has 1 N–H and O–H groups in total. The Labute approximate surface area is 158 Å². The van der Waals surface area contributed by atoms with Crippen molar-refractivity contribution in [3.05, 3.63) is 58.9 Å². The van der Waals surface area contributed by atoms with Crippen LogP contribution in [-0.4, -0.2) is 33.9 Å². The van der Waals surface area contributed by atoms with Gasteiger partial charge in [-0.25, -0.2) is 0 Å². The molecular formula is C20H24ClN3O2. The number of halogens is 1. The van der Waals surface area contributed by atoms with Crippen molar-refractivity contribution >= 4 is 23.4 Å². The third-order valence-electron chi connectivity index (χ3n) is 4.60. The third kappa shape index (κ3) is 4.10. The molecule has 1 saturated heterocycles. The van der Waals surface area contributed by atoms with Crippen molar-refractivity contribution in [3.8, 4) is 0 Å². The third-order valence-corrected chi connectivity index (χ3v) is 4.97. The minimum atomic E-state index is -0.185. The van der Waals surface area contributed by atoms with Crippen LogP contribution in [0.5, 0.6) is 0 Å². The van der Waals surface area contributed by atoms with Crippen molar-refractivity contribution in [3.63, 3.8) is 0 Å². The van der Waals surface area contributed by atoms with Crippen molar-refractivity contribution in [1.29, 1.82) is 0 Å². The van der Waals surface area contributed by atoms with Crippen LogP contribution in [0.4, 0.5) is 0 Å². The van der Waals surface area contributed by atoms with Gasteiger partial charge in [-0.15, -0.1) is 0 Å². The Morgan fingerprint density at radius 3 is 2.65 bits per heavy atom. The monoisotopic (exact) mass is 373 g/mol. The smallest absolute Gasteiger partial charge is 0.253 e. The Hall–Kier alpha value is -2.27. The van der Waals surface area contributed by atoms with Crippen molar-refractivity contribution in [2.75, 3.05) is 6.54 Å². The molecule has 0 spiro atoms. The van der Waals surface area contributed by atoms with Crippen LogP contribution < -0.4 is 5.32 Å². The average molecular weight is 374 g/mol. The first kappa shape index (κ1) is 18.5. The fraction of sp³-hybridized carbons (Fsp3) is 0.400. The van der Waals surface area contributed by atoms with Crippen molar-refractivity contribution < 1.29 is 9.59 Å². The fourth-order valence-corrected chi connectivity index (χ4v) is 3.27. The van der Waals surface area contributed by atoms with E-state index in [0.29, 0.717) is 30.1 Å². The van der Waals surface area contributed by atoms with Gasteiger partial charge in [0.2, 0.25) is 5.91 Å². The highest BCUT2D eigenvalue weighted by Crippen LogP contribution is 2.21. The van der Waals surface area contributed by atoms with E-state index in [0.717, 1.165) is 5.56 Å². The first-order chi connectivity index (χ1) is 12.2. The van der Waals surface area contributed by atoms with Crippen molar-refractivity contribution in [2.45, 2.75) is 45.3 Å². The van der Waals surface area contributed by atoms with E-state index in [2.05, 4.69) is 26.1 Å². The zero-order chi connectivity index (χ0) is 18.9. The Balaban J connectivity index is 1.61. The lowest BCUT2D eigenvalue weighted by Crippen LogP contribution is -2.37. The van der Waals surface area contributed by atoms with Crippen LogP contribution in [0.3, 0.4) is 0 Å². The van der Waals surface area contributed by atoms with E-state index < -0.39 is 0 Å². The Morgan fingerprint density at radius 1 is 1.27 bits per heavy atom. The molecular weight excluding hydrogens is 350 g/mol. The minimum absolute atomic E-state index is 0.0301. The molecule has 2 aromatic rings. The summed E-state index contributed by atoms with van der Waals surface area (Å²) < 4.78 is 2.01. The molecule has 26 heavy (non-hydrogen) atoms. The van der Waals surface area contributed by atoms with E-state index >= 15 is 0 Å². The van der Waals surface area contributed by atoms with Crippen LogP contribution >= 0.6 is 11.6 Å². The summed E-state index contributed by atoms with van der Waals surface area (Å²) >= 11 is 6.18. The molecule has 0 saturated carbocycles. The number of rotatable bonds is 4. The van der Waals surface area contributed by atoms with Crippen LogP contribution in [0.1, 0.15) is 43.1 Å². The number of hydrogen-bond acceptors (Lipinski definition) is 2. The van der Waals surface area contributed by atoms with E-state index in [9.17, 15) is 9.59 Å². The summed E-state index contributed by atoms with van der Waals surface area (Å²) in [6.07, 6.45) is 4.06. The number of nitrogens with one attached hydrogen (secondary N) is 1. The Kier molecular flexibility index (Phi) is 5.10. The van der Waals surface area contributed by atoms with E-state index in [4.69, 9.17) is 11.6 Å². The first-order valence-corrected chi connectivity index (χ1v) is 9.12. The van der Waals surface area contributed by atoms with Gasteiger partial charge in [-0.1, -0.05) is 29.8 Å². The predicted octanol–water partition coefficient (Wildman–Crippen LogP) is 3.43. The molecule has 1 aromatic carbocycles. The van der Waals surface area contributed by atoms with Gasteiger partial charge >= 0.3 is 0 Å². The predicted molar refractivity (Wildman–Crippen MR) is 102 cm³/mol. The van der Waals surface area contributed by atoms with E-state index in [1.54, 1.807) is 11.0 Å². The summed E-state index contributed by atoms with van der Waals surface area (Å²) in [5.41, 5.74) is 1.45. The molecule has 138 valence electrons. The molecule has 1 aliphatic heterocycles. The maximum Gasteiger partial charge on any atom is 0.253 e. The van der Waals surface area contributed by atoms with Crippen LogP contribution in [-0.2, 0) is 16.9 Å². The molecule has 6 heteroatoms. The number of hydrogen-bond donors (Lipinski definition) is 1. The Morgan fingerprint density at radius 2 is 2.00 bits per heavy atom. The molecule has 2 heterocycles. The topological polar surface area (TPSA) is 54.3 Å². The molecule has 0 aliphatic carbocycles. The number of likely N-dealkylation sites (tertiary alicyclic amines) is 1. The standard InChI is InChI=1S/C20H24ClN3O2/c1-20(2,3)24-9-8-15(12-24)19(26)22-16-10-18(25)23(13-16)11-14-6-4-5-7-17(14)21/h4-9,12,16H,10-11,13H2,1-3H3,(H,22,26)/t16-/m1/s1. The van der Waals surface area contributed by atoms with E-state index in [1.165, 1.54) is 0 Å². The van der Waals surface area contributed by atoms with E-state index in [1.807, 2.05) is 41.2 Å². The lowest BCUT2D eigenvalue weighted by Gasteiger charge is -2.21. The van der Waals surface area contributed by atoms with Crippen LogP contribution in [0.2, 0.25) is 5.02 Å². The molecule has 1 aliphatic rings. The van der Waals surface area contributed by atoms with Crippen LogP contribution in [0.15, 0.2) is 42.7 Å². The summed E-state index contributed by atoms with van der Waals surface area (Å²) in [6, 6.07) is 9.12. The van der Waals surface area contributed by atoms with Gasteiger partial charge in [-0.3, -0.25) is 9.59 Å². The second-order valence-electron chi connectivity index (χ2n) is 7.72. The molecule has 3 rings (SSSR count). The number of benzene rings is 1. The van der Waals surface area contributed by atoms with Crippen molar-refractivity contribution in [2.24, 2.45) is 0 Å². The normalized spacial score (nSPS) is 17.6. The molecule has 1 atom stereocenters. The zero-order valence-corrected chi connectivity index (χ0v) is 16.1. The van der Waals surface area contributed by atoms with Gasteiger partial charge in [0.15, 0.2) is 0 Å². The maximum absolute atomic E-state index is 12.5. The summed E-state index contributed by atoms with van der Waals surface area (Å²) in [5.74, 6) is -0.118. The highest BCUT2D eigenvalue weighted by Gasteiger charge is 2.31. The number of carbonyl (C=O) groups excluding carboxylic acids is 2. The first-order valence-electron chi connectivity index (χ1n) is 8.74. The van der Waals surface area contributed by atoms with Gasteiger partial charge in [-0.2, -0.15) is 0 Å². The molecule has 0 bridgehead atoms. The molecule has 0 unspecified atom stereocenters. The van der Waals surface area contributed by atoms with Crippen molar-refractivity contribution in [1.82, 2.24) is 14.8 Å². The lowest BCUT2D eigenvalue weighted by molar-refractivity contribution is -0.128. The van der Waals surface area contributed by atoms with Gasteiger partial charge in [0.1, 0.15) is 0 Å². The van der Waals surface area contributed by atoms with Crippen LogP contribution in [0, 0.1) is 0 Å². The summed E-state index contributed by atoms with van der Waals surface area (Å²) in [6.45, 7) is 7.20. The highest BCUT2D eigenvalue weighted by atomic mass is 35.5. The quantitative estimate of drug-likeness (QED) is 0.892. The second-order valence-corrected chi connectivity index (χ2v) is 8.13. The average Bonchev–Trinajstić information content (AvgIpc) is 3.17. The highest BCUT2D eigenvalue weighted by molar-refractivity contribution is 6.31. The minimum Gasteiger partial charge on any atom is -0.348 e. The van der Waals surface area contributed by atoms with Gasteiger partial charge in [0.25, 0.3) is 5.91 Å². The number of nitrogens with zero attached hydrogens (tertiary/aromatic N) is 2. The van der Waals surface area contributed by atoms with Gasteiger partial charge in [0.05, 0.1) is 11.6 Å². The second kappa shape index (κ2) is 7.16. The van der Waals surface area contributed by atoms with E-state index in [-0.39, 0.29) is 23.4 Å². The molecule has 0 radical (unpaired) electrons. The fourth-order valence-electron chi connectivity index (χ4n) is 3.07. The molecule has 1 aromatic heterocycles. The zero-order valence-electron chi connectivity index (χ0n) is 15.3. The Bertz CT molecular complexity index is 822. The summed E-state index contributed by atoms with van der Waals surface area (Å²) in [5, 5.41) is 3.62. The molecule has 2 amide bonds. The van der Waals surface area contributed by atoms with Gasteiger partial charge in [-0.05, 0) is 38.5 Å². The number of carbonyl (C=O) groups is 2. The summed E-state index contributed by atoms with van der Waals surface area (Å²) in [7, 11) is 0. The van der Waals surface area contributed by atoms with Gasteiger partial charge in [0, 0.05) is 42.5 Å². The number of amides is 2. The largest absolute Gasteiger partial charge is 0.348 e. The summed E-state index contributed by atoms with van der Waals surface area (Å²) in [4.78, 5) is 26.5. The lowest BCUT2D eigenvalue weighted by atomic mass is 10.1. The molecule has 5 nitrogen and oxygen atoms in total. The maximum atomic E-state index is 12.5. The number of aromatic nitrogens is 1. The van der Waals surface area contributed by atoms with Gasteiger partial charge < -0.3 is 14.8 Å². The molecule has 1 fully saturated rings. The van der Waals surface area contributed by atoms with Crippen LogP contribution in [0.25, 0.3) is 0 Å².